The number of hydrogen-bond donors (Lipinski definition) is 2. The van der Waals surface area contributed by atoms with Gasteiger partial charge in [-0.1, -0.05) is 68.3 Å². The number of rotatable bonds is 11. The zero-order valence-electron chi connectivity index (χ0n) is 17.1. The maximum absolute atomic E-state index is 12.0. The minimum absolute atomic E-state index is 0.0382. The highest BCUT2D eigenvalue weighted by Crippen LogP contribution is 2.21. The van der Waals surface area contributed by atoms with E-state index < -0.39 is 27.4 Å². The molecule has 0 radical (unpaired) electrons. The lowest BCUT2D eigenvalue weighted by molar-refractivity contribution is -0.128. The monoisotopic (exact) mass is 432 g/mol. The summed E-state index contributed by atoms with van der Waals surface area (Å²) in [6.45, 7) is 1.66. The number of hydrogen-bond acceptors (Lipinski definition) is 5. The first-order valence-corrected chi connectivity index (χ1v) is 11.7. The molecular weight excluding hydrogens is 404 g/mol. The minimum atomic E-state index is -3.49. The Balaban J connectivity index is 1.79. The van der Waals surface area contributed by atoms with E-state index in [4.69, 9.17) is 4.74 Å². The van der Waals surface area contributed by atoms with Crippen molar-refractivity contribution in [1.29, 1.82) is 0 Å². The van der Waals surface area contributed by atoms with Crippen molar-refractivity contribution in [2.45, 2.75) is 32.6 Å². The van der Waals surface area contributed by atoms with E-state index >= 15 is 0 Å². The van der Waals surface area contributed by atoms with Crippen molar-refractivity contribution in [1.82, 2.24) is 10.9 Å². The molecule has 0 saturated carbocycles. The number of sulfone groups is 1. The molecule has 2 amide bonds. The van der Waals surface area contributed by atoms with Gasteiger partial charge in [-0.25, -0.2) is 8.42 Å². The van der Waals surface area contributed by atoms with E-state index in [1.54, 1.807) is 6.07 Å². The Morgan fingerprint density at radius 2 is 1.57 bits per heavy atom. The molecule has 2 aromatic rings. The van der Waals surface area contributed by atoms with Crippen molar-refractivity contribution in [3.8, 4) is 5.75 Å². The third kappa shape index (κ3) is 8.65. The Morgan fingerprint density at radius 3 is 2.30 bits per heavy atom. The van der Waals surface area contributed by atoms with Crippen LogP contribution in [-0.4, -0.2) is 38.3 Å². The van der Waals surface area contributed by atoms with E-state index in [0.29, 0.717) is 18.6 Å². The Kier molecular flexibility index (Phi) is 9.34. The van der Waals surface area contributed by atoms with E-state index in [0.717, 1.165) is 24.0 Å². The number of amides is 2. The fraction of sp³-hybridized carbons (Fsp3) is 0.364. The topological polar surface area (TPSA) is 102 Å². The minimum Gasteiger partial charge on any atom is -0.483 e. The number of benzene rings is 2. The van der Waals surface area contributed by atoms with Crippen molar-refractivity contribution in [2.75, 3.05) is 18.1 Å². The van der Waals surface area contributed by atoms with Crippen LogP contribution in [0.3, 0.4) is 0 Å². The Labute approximate surface area is 177 Å². The van der Waals surface area contributed by atoms with Crippen molar-refractivity contribution in [3.63, 3.8) is 0 Å². The van der Waals surface area contributed by atoms with Crippen molar-refractivity contribution >= 4 is 21.7 Å². The van der Waals surface area contributed by atoms with E-state index in [1.807, 2.05) is 55.5 Å². The van der Waals surface area contributed by atoms with Gasteiger partial charge in [0.05, 0.1) is 5.75 Å². The third-order valence-electron chi connectivity index (χ3n) is 4.32. The Hall–Kier alpha value is -2.87. The fourth-order valence-electron chi connectivity index (χ4n) is 2.81. The van der Waals surface area contributed by atoms with E-state index in [2.05, 4.69) is 10.9 Å². The van der Waals surface area contributed by atoms with Gasteiger partial charge < -0.3 is 4.74 Å². The lowest BCUT2D eigenvalue weighted by Crippen LogP contribution is -2.46. The molecular formula is C22H28N2O5S. The SMILES string of the molecule is CCCCCS(=O)(=O)CC(=O)NNC(=O)COc1ccccc1Cc1ccccc1. The summed E-state index contributed by atoms with van der Waals surface area (Å²) in [4.78, 5) is 23.7. The highest BCUT2D eigenvalue weighted by atomic mass is 32.2. The number of carbonyl (C=O) groups is 2. The number of para-hydroxylation sites is 1. The normalized spacial score (nSPS) is 11.0. The highest BCUT2D eigenvalue weighted by molar-refractivity contribution is 7.92. The molecule has 0 fully saturated rings. The van der Waals surface area contributed by atoms with Gasteiger partial charge >= 0.3 is 0 Å². The molecule has 30 heavy (non-hydrogen) atoms. The molecule has 0 spiro atoms. The molecule has 2 N–H and O–H groups in total. The first-order valence-electron chi connectivity index (χ1n) is 9.92. The smallest absolute Gasteiger partial charge is 0.276 e. The van der Waals surface area contributed by atoms with E-state index in [-0.39, 0.29) is 12.4 Å². The second kappa shape index (κ2) is 12.0. The average Bonchev–Trinajstić information content (AvgIpc) is 2.72. The van der Waals surface area contributed by atoms with Crippen LogP contribution in [-0.2, 0) is 25.8 Å². The van der Waals surface area contributed by atoms with Crippen LogP contribution in [0.2, 0.25) is 0 Å². The van der Waals surface area contributed by atoms with Crippen LogP contribution in [0.15, 0.2) is 54.6 Å². The lowest BCUT2D eigenvalue weighted by atomic mass is 10.0. The standard InChI is InChI=1S/C22H28N2O5S/c1-2-3-9-14-30(27,28)17-22(26)24-23-21(25)16-29-20-13-8-7-12-19(20)15-18-10-5-4-6-11-18/h4-8,10-13H,2-3,9,14-17H2,1H3,(H,23,25)(H,24,26). The Bertz CT molecular complexity index is 930. The quantitative estimate of drug-likeness (QED) is 0.419. The van der Waals surface area contributed by atoms with Gasteiger partial charge in [0.25, 0.3) is 11.8 Å². The molecule has 0 saturated heterocycles. The predicted octanol–water partition coefficient (Wildman–Crippen LogP) is 2.41. The van der Waals surface area contributed by atoms with Crippen LogP contribution < -0.4 is 15.6 Å². The summed E-state index contributed by atoms with van der Waals surface area (Å²) in [6, 6.07) is 17.3. The summed E-state index contributed by atoms with van der Waals surface area (Å²) < 4.78 is 29.3. The summed E-state index contributed by atoms with van der Waals surface area (Å²) >= 11 is 0. The van der Waals surface area contributed by atoms with E-state index in [1.165, 1.54) is 0 Å². The second-order valence-electron chi connectivity index (χ2n) is 6.95. The highest BCUT2D eigenvalue weighted by Gasteiger charge is 2.17. The molecule has 0 unspecified atom stereocenters. The van der Waals surface area contributed by atoms with Gasteiger partial charge in [0, 0.05) is 6.42 Å². The molecule has 2 aromatic carbocycles. The summed E-state index contributed by atoms with van der Waals surface area (Å²) in [5.41, 5.74) is 6.35. The summed E-state index contributed by atoms with van der Waals surface area (Å²) in [5, 5.41) is 0. The summed E-state index contributed by atoms with van der Waals surface area (Å²) in [6.07, 6.45) is 2.87. The number of ether oxygens (including phenoxy) is 1. The number of carbonyl (C=O) groups excluding carboxylic acids is 2. The second-order valence-corrected chi connectivity index (χ2v) is 9.14. The first-order chi connectivity index (χ1) is 14.4. The fourth-order valence-corrected chi connectivity index (χ4v) is 4.07. The summed E-state index contributed by atoms with van der Waals surface area (Å²) in [7, 11) is -3.49. The van der Waals surface area contributed by atoms with Crippen LogP contribution >= 0.6 is 0 Å². The molecule has 0 aromatic heterocycles. The molecule has 0 aliphatic carbocycles. The average molecular weight is 433 g/mol. The first kappa shape index (κ1) is 23.4. The zero-order valence-corrected chi connectivity index (χ0v) is 17.9. The van der Waals surface area contributed by atoms with Gasteiger partial charge in [-0.05, 0) is 23.6 Å². The van der Waals surface area contributed by atoms with Gasteiger partial charge in [0.15, 0.2) is 16.4 Å². The largest absolute Gasteiger partial charge is 0.483 e. The van der Waals surface area contributed by atoms with Crippen LogP contribution in [0.4, 0.5) is 0 Å². The van der Waals surface area contributed by atoms with Crippen molar-refractivity contribution < 1.29 is 22.7 Å². The van der Waals surface area contributed by atoms with Gasteiger partial charge in [0.1, 0.15) is 11.5 Å². The molecule has 7 nitrogen and oxygen atoms in total. The van der Waals surface area contributed by atoms with Crippen LogP contribution in [0.5, 0.6) is 5.75 Å². The number of unbranched alkanes of at least 4 members (excludes halogenated alkanes) is 2. The van der Waals surface area contributed by atoms with Crippen molar-refractivity contribution in [3.05, 3.63) is 65.7 Å². The molecule has 0 atom stereocenters. The number of nitrogens with one attached hydrogen (secondary N) is 2. The number of hydrazine groups is 1. The lowest BCUT2D eigenvalue weighted by Gasteiger charge is -2.12. The van der Waals surface area contributed by atoms with E-state index in [9.17, 15) is 18.0 Å². The van der Waals surface area contributed by atoms with Gasteiger partial charge in [-0.15, -0.1) is 0 Å². The molecule has 0 bridgehead atoms. The molecule has 0 aliphatic rings. The molecule has 8 heteroatoms. The van der Waals surface area contributed by atoms with Crippen LogP contribution in [0.1, 0.15) is 37.3 Å². The Morgan fingerprint density at radius 1 is 0.900 bits per heavy atom. The van der Waals surface area contributed by atoms with Gasteiger partial charge in [-0.2, -0.15) is 0 Å². The van der Waals surface area contributed by atoms with Crippen LogP contribution in [0, 0.1) is 0 Å². The maximum Gasteiger partial charge on any atom is 0.276 e. The third-order valence-corrected chi connectivity index (χ3v) is 5.93. The summed E-state index contributed by atoms with van der Waals surface area (Å²) in [5.74, 6) is -1.48. The maximum atomic E-state index is 12.0. The van der Waals surface area contributed by atoms with Gasteiger partial charge in [-0.3, -0.25) is 20.4 Å². The zero-order chi connectivity index (χ0) is 21.8. The molecule has 0 heterocycles. The molecule has 2 rings (SSSR count). The van der Waals surface area contributed by atoms with Gasteiger partial charge in [0.2, 0.25) is 0 Å². The van der Waals surface area contributed by atoms with Crippen LogP contribution in [0.25, 0.3) is 0 Å². The molecule has 0 aliphatic heterocycles. The predicted molar refractivity (Wildman–Crippen MR) is 116 cm³/mol. The van der Waals surface area contributed by atoms with Crippen molar-refractivity contribution in [2.24, 2.45) is 0 Å². The molecule has 162 valence electrons.